The molecule has 0 fully saturated rings. The van der Waals surface area contributed by atoms with Crippen LogP contribution in [0.4, 0.5) is 4.39 Å². The predicted molar refractivity (Wildman–Crippen MR) is 80.5 cm³/mol. The lowest BCUT2D eigenvalue weighted by atomic mass is 10.2. The molecule has 22 heavy (non-hydrogen) atoms. The Hall–Kier alpha value is -2.32. The molecule has 0 saturated carbocycles. The number of hydrogen-bond acceptors (Lipinski definition) is 5. The maximum atomic E-state index is 12.8. The lowest BCUT2D eigenvalue weighted by molar-refractivity contribution is -0.120. The summed E-state index contributed by atoms with van der Waals surface area (Å²) in [5.74, 6) is 4.05. The van der Waals surface area contributed by atoms with Gasteiger partial charge in [-0.25, -0.2) is 15.2 Å². The van der Waals surface area contributed by atoms with Gasteiger partial charge < -0.3 is 5.32 Å². The second-order valence-electron chi connectivity index (χ2n) is 4.58. The lowest BCUT2D eigenvalue weighted by Crippen LogP contribution is -2.31. The summed E-state index contributed by atoms with van der Waals surface area (Å²) in [6.07, 6.45) is 0.0350. The van der Waals surface area contributed by atoms with E-state index in [0.717, 1.165) is 16.9 Å². The zero-order valence-corrected chi connectivity index (χ0v) is 12.7. The summed E-state index contributed by atoms with van der Waals surface area (Å²) in [4.78, 5) is 28.0. The van der Waals surface area contributed by atoms with Gasteiger partial charge in [-0.05, 0) is 24.6 Å². The average Bonchev–Trinajstić information content (AvgIpc) is 2.86. The van der Waals surface area contributed by atoms with Gasteiger partial charge in [-0.15, -0.1) is 11.3 Å². The SMILES string of the molecule is Cc1nc(CC(=O)NN)sc1C(=O)NCc1ccc(F)cc1. The molecule has 0 aliphatic rings. The standard InChI is InChI=1S/C14H15FN4O2S/c1-8-13(22-12(18-8)6-11(20)19-16)14(21)17-7-9-2-4-10(15)5-3-9/h2-5H,6-7,16H2,1H3,(H,17,21)(H,19,20). The van der Waals surface area contributed by atoms with Crippen LogP contribution in [-0.2, 0) is 17.8 Å². The van der Waals surface area contributed by atoms with Crippen LogP contribution < -0.4 is 16.6 Å². The highest BCUT2D eigenvalue weighted by Gasteiger charge is 2.16. The number of carbonyl (C=O) groups is 2. The molecule has 6 nitrogen and oxygen atoms in total. The summed E-state index contributed by atoms with van der Waals surface area (Å²) in [6, 6.07) is 5.88. The van der Waals surface area contributed by atoms with Crippen molar-refractivity contribution in [3.05, 3.63) is 51.2 Å². The molecule has 2 aromatic rings. The Morgan fingerprint density at radius 1 is 1.32 bits per heavy atom. The molecule has 0 saturated heterocycles. The summed E-state index contributed by atoms with van der Waals surface area (Å²) < 4.78 is 12.8. The predicted octanol–water partition coefficient (Wildman–Crippen LogP) is 1.05. The van der Waals surface area contributed by atoms with Crippen LogP contribution >= 0.6 is 11.3 Å². The highest BCUT2D eigenvalue weighted by Crippen LogP contribution is 2.18. The number of aromatic nitrogens is 1. The quantitative estimate of drug-likeness (QED) is 0.435. The smallest absolute Gasteiger partial charge is 0.263 e. The molecule has 116 valence electrons. The molecule has 0 unspecified atom stereocenters. The van der Waals surface area contributed by atoms with Gasteiger partial charge in [0.05, 0.1) is 12.1 Å². The van der Waals surface area contributed by atoms with Crippen LogP contribution in [-0.4, -0.2) is 16.8 Å². The van der Waals surface area contributed by atoms with Gasteiger partial charge in [0.25, 0.3) is 5.91 Å². The van der Waals surface area contributed by atoms with Crippen molar-refractivity contribution in [2.75, 3.05) is 0 Å². The Morgan fingerprint density at radius 2 is 2.00 bits per heavy atom. The van der Waals surface area contributed by atoms with Crippen molar-refractivity contribution in [3.8, 4) is 0 Å². The number of hydrazine groups is 1. The van der Waals surface area contributed by atoms with E-state index in [-0.39, 0.29) is 30.6 Å². The van der Waals surface area contributed by atoms with Crippen LogP contribution in [0, 0.1) is 12.7 Å². The van der Waals surface area contributed by atoms with E-state index in [1.807, 2.05) is 5.43 Å². The molecule has 1 heterocycles. The molecule has 1 aromatic carbocycles. The van der Waals surface area contributed by atoms with Gasteiger partial charge >= 0.3 is 0 Å². The first kappa shape index (κ1) is 16.1. The van der Waals surface area contributed by atoms with Crippen molar-refractivity contribution in [1.82, 2.24) is 15.7 Å². The monoisotopic (exact) mass is 322 g/mol. The molecule has 2 rings (SSSR count). The minimum Gasteiger partial charge on any atom is -0.347 e. The molecule has 0 aliphatic heterocycles. The van der Waals surface area contributed by atoms with Gasteiger partial charge in [0, 0.05) is 6.54 Å². The summed E-state index contributed by atoms with van der Waals surface area (Å²) in [6.45, 7) is 1.99. The molecule has 0 bridgehead atoms. The number of nitrogens with zero attached hydrogens (tertiary/aromatic N) is 1. The first-order valence-corrected chi connectivity index (χ1v) is 7.29. The second-order valence-corrected chi connectivity index (χ2v) is 5.66. The second kappa shape index (κ2) is 7.10. The molecule has 8 heteroatoms. The first-order valence-electron chi connectivity index (χ1n) is 6.48. The van der Waals surface area contributed by atoms with E-state index in [0.29, 0.717) is 15.6 Å². The number of thiazole rings is 1. The number of amides is 2. The van der Waals surface area contributed by atoms with E-state index in [1.165, 1.54) is 12.1 Å². The molecule has 1 aromatic heterocycles. The van der Waals surface area contributed by atoms with Crippen LogP contribution in [0.5, 0.6) is 0 Å². The molecule has 0 radical (unpaired) electrons. The molecular formula is C14H15FN4O2S. The van der Waals surface area contributed by atoms with E-state index < -0.39 is 0 Å². The van der Waals surface area contributed by atoms with Crippen LogP contribution in [0.15, 0.2) is 24.3 Å². The van der Waals surface area contributed by atoms with Gasteiger partial charge in [0.1, 0.15) is 15.7 Å². The van der Waals surface area contributed by atoms with Crippen LogP contribution in [0.25, 0.3) is 0 Å². The Bertz CT molecular complexity index is 685. The number of rotatable bonds is 5. The fourth-order valence-electron chi connectivity index (χ4n) is 1.79. The van der Waals surface area contributed by atoms with E-state index in [1.54, 1.807) is 19.1 Å². The average molecular weight is 322 g/mol. The van der Waals surface area contributed by atoms with Crippen molar-refractivity contribution in [2.24, 2.45) is 5.84 Å². The van der Waals surface area contributed by atoms with Crippen LogP contribution in [0.3, 0.4) is 0 Å². The normalized spacial score (nSPS) is 10.3. The zero-order chi connectivity index (χ0) is 16.1. The number of benzene rings is 1. The van der Waals surface area contributed by atoms with Gasteiger partial charge in [-0.1, -0.05) is 12.1 Å². The Balaban J connectivity index is 2.00. The topological polar surface area (TPSA) is 97.1 Å². The van der Waals surface area contributed by atoms with E-state index in [4.69, 9.17) is 5.84 Å². The van der Waals surface area contributed by atoms with Gasteiger partial charge in [-0.3, -0.25) is 15.0 Å². The summed E-state index contributed by atoms with van der Waals surface area (Å²) in [5.41, 5.74) is 3.37. The molecule has 0 aliphatic carbocycles. The van der Waals surface area contributed by atoms with Gasteiger partial charge in [0.15, 0.2) is 0 Å². The number of carbonyl (C=O) groups excluding carboxylic acids is 2. The van der Waals surface area contributed by atoms with Crippen LogP contribution in [0.2, 0.25) is 0 Å². The maximum Gasteiger partial charge on any atom is 0.263 e. The number of halogens is 1. The van der Waals surface area contributed by atoms with Crippen molar-refractivity contribution in [3.63, 3.8) is 0 Å². The van der Waals surface area contributed by atoms with E-state index in [2.05, 4.69) is 10.3 Å². The molecule has 4 N–H and O–H groups in total. The summed E-state index contributed by atoms with van der Waals surface area (Å²) in [5, 5.41) is 3.26. The first-order chi connectivity index (χ1) is 10.5. The number of hydrogen-bond donors (Lipinski definition) is 3. The minimum atomic E-state index is -0.368. The fourth-order valence-corrected chi connectivity index (χ4v) is 2.77. The van der Waals surface area contributed by atoms with E-state index in [9.17, 15) is 14.0 Å². The third-order valence-corrected chi connectivity index (χ3v) is 4.04. The highest BCUT2D eigenvalue weighted by atomic mass is 32.1. The molecular weight excluding hydrogens is 307 g/mol. The van der Waals surface area contributed by atoms with E-state index >= 15 is 0 Å². The largest absolute Gasteiger partial charge is 0.347 e. The van der Waals surface area contributed by atoms with Crippen LogP contribution in [0.1, 0.15) is 25.9 Å². The van der Waals surface area contributed by atoms with Crippen molar-refractivity contribution < 1.29 is 14.0 Å². The summed E-state index contributed by atoms with van der Waals surface area (Å²) >= 11 is 1.15. The Morgan fingerprint density at radius 3 is 2.64 bits per heavy atom. The third kappa shape index (κ3) is 4.09. The Labute approximate surface area is 130 Å². The highest BCUT2D eigenvalue weighted by molar-refractivity contribution is 7.13. The molecule has 2 amide bonds. The van der Waals surface area contributed by atoms with Crippen molar-refractivity contribution >= 4 is 23.2 Å². The Kier molecular flexibility index (Phi) is 5.18. The zero-order valence-electron chi connectivity index (χ0n) is 11.9. The van der Waals surface area contributed by atoms with Gasteiger partial charge in [-0.2, -0.15) is 0 Å². The van der Waals surface area contributed by atoms with Crippen molar-refractivity contribution in [2.45, 2.75) is 19.9 Å². The number of nitrogens with one attached hydrogen (secondary N) is 2. The fraction of sp³-hybridized carbons (Fsp3) is 0.214. The molecule has 0 atom stereocenters. The molecule has 0 spiro atoms. The maximum absolute atomic E-state index is 12.8. The minimum absolute atomic E-state index is 0.0350. The van der Waals surface area contributed by atoms with Crippen molar-refractivity contribution in [1.29, 1.82) is 0 Å². The number of aryl methyl sites for hydroxylation is 1. The summed E-state index contributed by atoms with van der Waals surface area (Å²) in [7, 11) is 0. The third-order valence-electron chi connectivity index (χ3n) is 2.89. The van der Waals surface area contributed by atoms with Gasteiger partial charge in [0.2, 0.25) is 5.91 Å². The lowest BCUT2D eigenvalue weighted by Gasteiger charge is -2.04. The number of nitrogens with two attached hydrogens (primary N) is 1.